The number of anilines is 6. The smallest absolute Gasteiger partial charge is 0.0702 e. The average Bonchev–Trinajstić information content (AvgIpc) is 3.73. The first kappa shape index (κ1) is 32.0. The largest absolute Gasteiger partial charge is 0.392 e. The Bertz CT molecular complexity index is 2990. The Morgan fingerprint density at radius 2 is 1.02 bits per heavy atom. The van der Waals surface area contributed by atoms with Crippen LogP contribution in [0.1, 0.15) is 16.7 Å². The Labute approximate surface area is 313 Å². The zero-order valence-corrected chi connectivity index (χ0v) is 29.8. The van der Waals surface area contributed by atoms with Crippen LogP contribution in [0.3, 0.4) is 0 Å². The van der Waals surface area contributed by atoms with Gasteiger partial charge in [-0.05, 0) is 96.6 Å². The monoisotopic (exact) mass is 699 g/mol. The van der Waals surface area contributed by atoms with E-state index in [1.54, 1.807) is 0 Å². The van der Waals surface area contributed by atoms with E-state index in [0.717, 1.165) is 50.8 Å². The van der Waals surface area contributed by atoms with Gasteiger partial charge in [-0.25, -0.2) is 0 Å². The van der Waals surface area contributed by atoms with Crippen LogP contribution in [-0.2, 0) is 13.2 Å². The number of aliphatic hydroxyl groups is 2. The molecule has 0 spiro atoms. The number of hydrogen-bond donors (Lipinski definition) is 2. The van der Waals surface area contributed by atoms with Crippen LogP contribution in [0.25, 0.3) is 48.9 Å². The van der Waals surface area contributed by atoms with Crippen LogP contribution < -0.4 is 9.80 Å². The van der Waals surface area contributed by atoms with Crippen LogP contribution in [0.5, 0.6) is 0 Å². The zero-order chi connectivity index (χ0) is 36.3. The fourth-order valence-corrected chi connectivity index (χ4v) is 8.44. The number of aliphatic hydroxyl groups excluding tert-OH is 2. The molecule has 2 N–H and O–H groups in total. The van der Waals surface area contributed by atoms with Crippen LogP contribution in [0.4, 0.5) is 34.1 Å². The molecule has 0 saturated carbocycles. The molecule has 0 atom stereocenters. The van der Waals surface area contributed by atoms with Crippen LogP contribution in [0.2, 0.25) is 0 Å². The number of rotatable bonds is 8. The molecule has 0 bridgehead atoms. The highest BCUT2D eigenvalue weighted by molar-refractivity contribution is 6.31. The first-order valence-corrected chi connectivity index (χ1v) is 18.4. The van der Waals surface area contributed by atoms with Crippen LogP contribution in [0.15, 0.2) is 170 Å². The zero-order valence-electron chi connectivity index (χ0n) is 29.8. The van der Waals surface area contributed by atoms with E-state index < -0.39 is 0 Å². The number of benzene rings is 8. The molecule has 0 radical (unpaired) electrons. The van der Waals surface area contributed by atoms with Gasteiger partial charge in [0, 0.05) is 55.4 Å². The van der Waals surface area contributed by atoms with Gasteiger partial charge in [-0.2, -0.15) is 0 Å². The lowest BCUT2D eigenvalue weighted by atomic mass is 9.98. The summed E-state index contributed by atoms with van der Waals surface area (Å²) in [4.78, 5) is 4.49. The molecule has 54 heavy (non-hydrogen) atoms. The molecule has 0 saturated heterocycles. The standard InChI is InChI=1S/C49H37N3O2/c1-32-20-25-46-43(26-32)48-41-28-38(50(36-14-4-2-5-15-36)44-18-10-8-12-34(44)30-53)22-21-33(41)27-42-40-24-23-39(29-47(40)52(46)49(42)48)51(37-16-6-3-7-17-37)45-19-11-9-13-35(45)31-54/h2-29,53-54H,30-31H2,1H3. The maximum absolute atomic E-state index is 10.4. The minimum atomic E-state index is -0.0556. The van der Waals surface area contributed by atoms with Crippen LogP contribution in [0, 0.1) is 6.92 Å². The fourth-order valence-electron chi connectivity index (χ4n) is 8.44. The molecular formula is C49H37N3O2. The van der Waals surface area contributed by atoms with Crippen molar-refractivity contribution in [2.75, 3.05) is 9.80 Å². The first-order chi connectivity index (χ1) is 26.6. The second-order valence-corrected chi connectivity index (χ2v) is 14.0. The quantitative estimate of drug-likeness (QED) is 0.166. The van der Waals surface area contributed by atoms with Gasteiger partial charge in [-0.3, -0.25) is 0 Å². The Morgan fingerprint density at radius 3 is 1.65 bits per heavy atom. The number of aromatic nitrogens is 1. The van der Waals surface area contributed by atoms with Gasteiger partial charge in [0.1, 0.15) is 0 Å². The second-order valence-electron chi connectivity index (χ2n) is 14.0. The molecule has 2 heterocycles. The summed E-state index contributed by atoms with van der Waals surface area (Å²) in [5, 5.41) is 28.0. The molecule has 0 amide bonds. The van der Waals surface area contributed by atoms with E-state index in [1.807, 2.05) is 48.5 Å². The normalized spacial score (nSPS) is 11.8. The number of para-hydroxylation sites is 4. The van der Waals surface area contributed by atoms with Gasteiger partial charge in [-0.15, -0.1) is 0 Å². The number of aryl methyl sites for hydroxylation is 1. The summed E-state index contributed by atoms with van der Waals surface area (Å²) in [6.45, 7) is 2.05. The molecule has 5 heteroatoms. The Hall–Kier alpha value is -6.66. The predicted octanol–water partition coefficient (Wildman–Crippen LogP) is 12.2. The highest BCUT2D eigenvalue weighted by atomic mass is 16.3. The predicted molar refractivity (Wildman–Crippen MR) is 225 cm³/mol. The van der Waals surface area contributed by atoms with E-state index in [-0.39, 0.29) is 13.2 Å². The maximum atomic E-state index is 10.4. The summed E-state index contributed by atoms with van der Waals surface area (Å²) in [7, 11) is 0. The number of nitrogens with zero attached hydrogens (tertiary/aromatic N) is 3. The summed E-state index contributed by atoms with van der Waals surface area (Å²) >= 11 is 0. The van der Waals surface area contributed by atoms with Gasteiger partial charge in [0.25, 0.3) is 0 Å². The summed E-state index contributed by atoms with van der Waals surface area (Å²) < 4.78 is 2.45. The summed E-state index contributed by atoms with van der Waals surface area (Å²) in [6, 6.07) is 59.5. The Morgan fingerprint density at radius 1 is 0.444 bits per heavy atom. The molecule has 0 aliphatic heterocycles. The lowest BCUT2D eigenvalue weighted by molar-refractivity contribution is 0.282. The number of fused-ring (bicyclic) bond motifs is 8. The molecule has 0 unspecified atom stereocenters. The fraction of sp³-hybridized carbons (Fsp3) is 0.0612. The lowest BCUT2D eigenvalue weighted by Gasteiger charge is -2.27. The van der Waals surface area contributed by atoms with E-state index in [9.17, 15) is 10.2 Å². The van der Waals surface area contributed by atoms with Gasteiger partial charge in [0.15, 0.2) is 0 Å². The topological polar surface area (TPSA) is 51.3 Å². The molecule has 0 fully saturated rings. The Balaban J connectivity index is 1.26. The maximum Gasteiger partial charge on any atom is 0.0702 e. The average molecular weight is 700 g/mol. The van der Waals surface area contributed by atoms with Crippen molar-refractivity contribution < 1.29 is 10.2 Å². The van der Waals surface area contributed by atoms with E-state index in [4.69, 9.17) is 0 Å². The van der Waals surface area contributed by atoms with Crippen molar-refractivity contribution in [3.63, 3.8) is 0 Å². The third kappa shape index (κ3) is 4.94. The molecule has 10 aromatic rings. The molecule has 5 nitrogen and oxygen atoms in total. The van der Waals surface area contributed by atoms with Gasteiger partial charge in [0.05, 0.1) is 41.1 Å². The summed E-state index contributed by atoms with van der Waals surface area (Å²) in [5.74, 6) is 0. The van der Waals surface area contributed by atoms with Crippen molar-refractivity contribution >= 4 is 83.0 Å². The first-order valence-electron chi connectivity index (χ1n) is 18.4. The molecule has 8 aromatic carbocycles. The SMILES string of the molecule is Cc1ccc2c(c1)c1c3cc(N(c4ccccc4)c4ccccc4CO)ccc3cc3c4ccc(N(c5ccccc5)c5ccccc5CO)cc4n2c31. The molecular weight excluding hydrogens is 663 g/mol. The van der Waals surface area contributed by atoms with Crippen molar-refractivity contribution in [1.82, 2.24) is 4.40 Å². The molecule has 0 aliphatic carbocycles. The van der Waals surface area contributed by atoms with E-state index >= 15 is 0 Å². The third-order valence-corrected chi connectivity index (χ3v) is 10.8. The molecule has 10 rings (SSSR count). The van der Waals surface area contributed by atoms with E-state index in [1.165, 1.54) is 48.9 Å². The minimum absolute atomic E-state index is 0.0546. The van der Waals surface area contributed by atoms with E-state index in [0.29, 0.717) is 0 Å². The van der Waals surface area contributed by atoms with Gasteiger partial charge < -0.3 is 24.4 Å². The summed E-state index contributed by atoms with van der Waals surface area (Å²) in [6.07, 6.45) is 0. The van der Waals surface area contributed by atoms with Crippen molar-refractivity contribution in [2.24, 2.45) is 0 Å². The Kier molecular flexibility index (Phi) is 7.58. The summed E-state index contributed by atoms with van der Waals surface area (Å²) in [5.41, 5.74) is 12.4. The van der Waals surface area contributed by atoms with Gasteiger partial charge >= 0.3 is 0 Å². The highest BCUT2D eigenvalue weighted by Gasteiger charge is 2.24. The van der Waals surface area contributed by atoms with Crippen molar-refractivity contribution in [3.8, 4) is 0 Å². The van der Waals surface area contributed by atoms with Crippen LogP contribution in [-0.4, -0.2) is 14.6 Å². The van der Waals surface area contributed by atoms with Crippen molar-refractivity contribution in [2.45, 2.75) is 20.1 Å². The van der Waals surface area contributed by atoms with Crippen molar-refractivity contribution in [3.05, 3.63) is 187 Å². The van der Waals surface area contributed by atoms with Gasteiger partial charge in [-0.1, -0.05) is 96.6 Å². The van der Waals surface area contributed by atoms with E-state index in [2.05, 4.69) is 142 Å². The lowest BCUT2D eigenvalue weighted by Crippen LogP contribution is -2.12. The van der Waals surface area contributed by atoms with Crippen molar-refractivity contribution in [1.29, 1.82) is 0 Å². The molecule has 2 aromatic heterocycles. The number of hydrogen-bond acceptors (Lipinski definition) is 4. The minimum Gasteiger partial charge on any atom is -0.392 e. The second kappa shape index (κ2) is 12.8. The third-order valence-electron chi connectivity index (χ3n) is 10.8. The highest BCUT2D eigenvalue weighted by Crippen LogP contribution is 2.47. The molecule has 260 valence electrons. The van der Waals surface area contributed by atoms with Gasteiger partial charge in [0.2, 0.25) is 0 Å². The molecule has 0 aliphatic rings. The van der Waals surface area contributed by atoms with Crippen LogP contribution >= 0.6 is 0 Å².